The van der Waals surface area contributed by atoms with Gasteiger partial charge < -0.3 is 5.32 Å². The van der Waals surface area contributed by atoms with Crippen LogP contribution in [0.1, 0.15) is 51.4 Å². The molecule has 1 aliphatic heterocycles. The van der Waals surface area contributed by atoms with Crippen molar-refractivity contribution in [1.29, 1.82) is 0 Å². The zero-order valence-electron chi connectivity index (χ0n) is 9.67. The molecule has 1 unspecified atom stereocenters. The van der Waals surface area contributed by atoms with E-state index in [0.29, 0.717) is 0 Å². The molecule has 0 radical (unpaired) electrons. The van der Waals surface area contributed by atoms with Gasteiger partial charge >= 0.3 is 0 Å². The summed E-state index contributed by atoms with van der Waals surface area (Å²) in [6.45, 7) is 1.29. The molecule has 1 nitrogen and oxygen atoms in total. The quantitative estimate of drug-likeness (QED) is 0.731. The van der Waals surface area contributed by atoms with E-state index in [2.05, 4.69) is 5.32 Å². The lowest BCUT2D eigenvalue weighted by Gasteiger charge is -2.58. The van der Waals surface area contributed by atoms with Gasteiger partial charge in [0, 0.05) is 6.04 Å². The van der Waals surface area contributed by atoms with Crippen LogP contribution < -0.4 is 5.32 Å². The van der Waals surface area contributed by atoms with E-state index in [-0.39, 0.29) is 0 Å². The Morgan fingerprint density at radius 2 is 1.47 bits per heavy atom. The van der Waals surface area contributed by atoms with Gasteiger partial charge in [0.25, 0.3) is 0 Å². The van der Waals surface area contributed by atoms with Crippen molar-refractivity contribution in [3.05, 3.63) is 0 Å². The summed E-state index contributed by atoms with van der Waals surface area (Å²) in [4.78, 5) is 0. The third-order valence-electron chi connectivity index (χ3n) is 5.77. The van der Waals surface area contributed by atoms with E-state index in [1.807, 2.05) is 0 Å². The minimum atomic E-state index is 0.812. The van der Waals surface area contributed by atoms with Crippen molar-refractivity contribution in [1.82, 2.24) is 5.32 Å². The fourth-order valence-electron chi connectivity index (χ4n) is 5.59. The molecule has 1 N–H and O–H groups in total. The molecule has 5 aliphatic rings. The maximum absolute atomic E-state index is 3.62. The normalized spacial score (nSPS) is 56.8. The number of rotatable bonds is 2. The van der Waals surface area contributed by atoms with Crippen molar-refractivity contribution >= 4 is 0 Å². The van der Waals surface area contributed by atoms with Gasteiger partial charge in [-0.1, -0.05) is 0 Å². The second-order valence-corrected chi connectivity index (χ2v) is 7.06. The summed E-state index contributed by atoms with van der Waals surface area (Å²) >= 11 is 0. The van der Waals surface area contributed by atoms with Gasteiger partial charge in [0.05, 0.1) is 0 Å². The van der Waals surface area contributed by atoms with Crippen molar-refractivity contribution in [2.45, 2.75) is 57.4 Å². The lowest BCUT2D eigenvalue weighted by molar-refractivity contribution is -0.0652. The third kappa shape index (κ3) is 1.39. The average molecular weight is 205 g/mol. The molecule has 1 heteroatoms. The molecule has 5 fully saturated rings. The van der Waals surface area contributed by atoms with Crippen LogP contribution in [-0.4, -0.2) is 12.6 Å². The third-order valence-corrected chi connectivity index (χ3v) is 5.77. The van der Waals surface area contributed by atoms with Gasteiger partial charge in [0.1, 0.15) is 0 Å². The predicted octanol–water partition coefficient (Wildman–Crippen LogP) is 2.95. The first-order chi connectivity index (χ1) is 7.31. The highest BCUT2D eigenvalue weighted by atomic mass is 15.0. The fraction of sp³-hybridized carbons (Fsp3) is 1.00. The predicted molar refractivity (Wildman–Crippen MR) is 61.6 cm³/mol. The molecular formula is C14H23N. The summed E-state index contributed by atoms with van der Waals surface area (Å²) in [7, 11) is 0. The molecule has 1 saturated heterocycles. The van der Waals surface area contributed by atoms with Gasteiger partial charge in [0.15, 0.2) is 0 Å². The van der Waals surface area contributed by atoms with Gasteiger partial charge in [-0.2, -0.15) is 0 Å². The molecule has 0 aromatic heterocycles. The SMILES string of the molecule is C1CC(CC23CC4CC(CC(C4)C2)C3)N1. The van der Waals surface area contributed by atoms with Gasteiger partial charge in [-0.25, -0.2) is 0 Å². The van der Waals surface area contributed by atoms with Crippen LogP contribution in [0.3, 0.4) is 0 Å². The van der Waals surface area contributed by atoms with E-state index in [1.54, 1.807) is 38.5 Å². The van der Waals surface area contributed by atoms with Crippen molar-refractivity contribution in [2.24, 2.45) is 23.2 Å². The molecule has 84 valence electrons. The highest BCUT2D eigenvalue weighted by Gasteiger charge is 2.51. The van der Waals surface area contributed by atoms with Gasteiger partial charge in [0.2, 0.25) is 0 Å². The van der Waals surface area contributed by atoms with Crippen LogP contribution in [0.25, 0.3) is 0 Å². The van der Waals surface area contributed by atoms with Crippen molar-refractivity contribution < 1.29 is 0 Å². The van der Waals surface area contributed by atoms with E-state index < -0.39 is 0 Å². The van der Waals surface area contributed by atoms with Gasteiger partial charge in [-0.3, -0.25) is 0 Å². The van der Waals surface area contributed by atoms with Crippen molar-refractivity contribution in [3.63, 3.8) is 0 Å². The first-order valence-electron chi connectivity index (χ1n) is 7.05. The molecule has 1 atom stereocenters. The van der Waals surface area contributed by atoms with E-state index in [1.165, 1.54) is 19.4 Å². The summed E-state index contributed by atoms with van der Waals surface area (Å²) in [5, 5.41) is 3.62. The van der Waals surface area contributed by atoms with Crippen molar-refractivity contribution in [2.75, 3.05) is 6.54 Å². The first-order valence-corrected chi connectivity index (χ1v) is 7.05. The molecule has 5 rings (SSSR count). The summed E-state index contributed by atoms with van der Waals surface area (Å²) in [6, 6.07) is 0.904. The van der Waals surface area contributed by atoms with Crippen LogP contribution in [0, 0.1) is 23.2 Å². The zero-order chi connectivity index (χ0) is 9.88. The Morgan fingerprint density at radius 1 is 0.933 bits per heavy atom. The summed E-state index contributed by atoms with van der Waals surface area (Å²) < 4.78 is 0. The minimum absolute atomic E-state index is 0.812. The second kappa shape index (κ2) is 3.00. The van der Waals surface area contributed by atoms with Crippen LogP contribution in [0.2, 0.25) is 0 Å². The average Bonchev–Trinajstić information content (AvgIpc) is 2.09. The number of hydrogen-bond donors (Lipinski definition) is 1. The Hall–Kier alpha value is -0.0400. The van der Waals surface area contributed by atoms with Crippen LogP contribution in [-0.2, 0) is 0 Å². The molecule has 1 heterocycles. The van der Waals surface area contributed by atoms with Gasteiger partial charge in [-0.15, -0.1) is 0 Å². The standard InChI is InChI=1S/C14H23N/c1-2-15-13(1)9-14-6-10-3-11(7-14)5-12(4-10)8-14/h10-13,15H,1-9H2. The van der Waals surface area contributed by atoms with Gasteiger partial charge in [-0.05, 0) is 81.1 Å². The Bertz CT molecular complexity index is 231. The maximum atomic E-state index is 3.62. The number of nitrogens with one attached hydrogen (secondary N) is 1. The molecule has 0 amide bonds. The van der Waals surface area contributed by atoms with Crippen LogP contribution in [0.5, 0.6) is 0 Å². The molecule has 4 bridgehead atoms. The second-order valence-electron chi connectivity index (χ2n) is 7.06. The molecule has 15 heavy (non-hydrogen) atoms. The summed E-state index contributed by atoms with van der Waals surface area (Å²) in [6.07, 6.45) is 12.6. The topological polar surface area (TPSA) is 12.0 Å². The van der Waals surface area contributed by atoms with E-state index >= 15 is 0 Å². The molecule has 0 spiro atoms. The molecule has 0 aromatic rings. The van der Waals surface area contributed by atoms with Crippen LogP contribution >= 0.6 is 0 Å². The number of hydrogen-bond acceptors (Lipinski definition) is 1. The lowest BCUT2D eigenvalue weighted by atomic mass is 9.48. The Labute approximate surface area is 93.0 Å². The fourth-order valence-corrected chi connectivity index (χ4v) is 5.59. The highest BCUT2D eigenvalue weighted by molar-refractivity contribution is 5.03. The highest BCUT2D eigenvalue weighted by Crippen LogP contribution is 2.61. The van der Waals surface area contributed by atoms with E-state index in [0.717, 1.165) is 29.2 Å². The largest absolute Gasteiger partial charge is 0.314 e. The minimum Gasteiger partial charge on any atom is -0.314 e. The lowest BCUT2D eigenvalue weighted by Crippen LogP contribution is -2.52. The summed E-state index contributed by atoms with van der Waals surface area (Å²) in [5.41, 5.74) is 0.812. The Kier molecular flexibility index (Phi) is 1.81. The van der Waals surface area contributed by atoms with Crippen LogP contribution in [0.15, 0.2) is 0 Å². The Morgan fingerprint density at radius 3 is 1.87 bits per heavy atom. The maximum Gasteiger partial charge on any atom is 0.00844 e. The first kappa shape index (κ1) is 9.04. The molecule has 4 aliphatic carbocycles. The Balaban J connectivity index is 1.55. The van der Waals surface area contributed by atoms with Crippen molar-refractivity contribution in [3.8, 4) is 0 Å². The molecule has 0 aromatic carbocycles. The van der Waals surface area contributed by atoms with Crippen LogP contribution in [0.4, 0.5) is 0 Å². The van der Waals surface area contributed by atoms with E-state index in [4.69, 9.17) is 0 Å². The van der Waals surface area contributed by atoms with E-state index in [9.17, 15) is 0 Å². The molecular weight excluding hydrogens is 182 g/mol. The smallest absolute Gasteiger partial charge is 0.00844 e. The molecule has 4 saturated carbocycles. The zero-order valence-corrected chi connectivity index (χ0v) is 9.67. The summed E-state index contributed by atoms with van der Waals surface area (Å²) in [5.74, 6) is 3.41. The monoisotopic (exact) mass is 205 g/mol.